The number of carbonyl (C=O) groups excluding carboxylic acids is 1. The molecule has 0 saturated heterocycles. The number of carbonyl (C=O) groups is 1. The largest absolute Gasteiger partial charge is 0.366 e. The molecule has 0 bridgehead atoms. The molecule has 1 saturated carbocycles. The maximum atomic E-state index is 10.4. The number of hydrogen-bond acceptors (Lipinski definition) is 2. The molecule has 3 nitrogen and oxygen atoms in total. The van der Waals surface area contributed by atoms with Gasteiger partial charge in [0.1, 0.15) is 0 Å². The SMILES string of the molecule is NC(=O)C=CC1CCC(N)CC1. The fraction of sp³-hybridized carbons (Fsp3) is 0.667. The molecular formula is C9H16N2O. The van der Waals surface area contributed by atoms with Crippen molar-refractivity contribution in [3.05, 3.63) is 12.2 Å². The normalized spacial score (nSPS) is 30.8. The molecule has 1 fully saturated rings. The highest BCUT2D eigenvalue weighted by Gasteiger charge is 2.15. The van der Waals surface area contributed by atoms with Gasteiger partial charge in [-0.25, -0.2) is 0 Å². The molecule has 0 spiro atoms. The van der Waals surface area contributed by atoms with Crippen molar-refractivity contribution >= 4 is 5.91 Å². The summed E-state index contributed by atoms with van der Waals surface area (Å²) in [5.41, 5.74) is 10.7. The molecular weight excluding hydrogens is 152 g/mol. The Labute approximate surface area is 72.8 Å². The van der Waals surface area contributed by atoms with E-state index in [1.807, 2.05) is 6.08 Å². The average molecular weight is 168 g/mol. The minimum Gasteiger partial charge on any atom is -0.366 e. The van der Waals surface area contributed by atoms with Gasteiger partial charge in [0.25, 0.3) is 0 Å². The van der Waals surface area contributed by atoms with Crippen molar-refractivity contribution in [2.45, 2.75) is 31.7 Å². The Kier molecular flexibility index (Phi) is 3.29. The van der Waals surface area contributed by atoms with E-state index in [4.69, 9.17) is 11.5 Å². The fourth-order valence-corrected chi connectivity index (χ4v) is 1.57. The van der Waals surface area contributed by atoms with E-state index in [-0.39, 0.29) is 5.91 Å². The lowest BCUT2D eigenvalue weighted by Gasteiger charge is -2.23. The van der Waals surface area contributed by atoms with Crippen molar-refractivity contribution in [1.82, 2.24) is 0 Å². The van der Waals surface area contributed by atoms with Crippen LogP contribution >= 0.6 is 0 Å². The molecule has 12 heavy (non-hydrogen) atoms. The third kappa shape index (κ3) is 3.05. The monoisotopic (exact) mass is 168 g/mol. The lowest BCUT2D eigenvalue weighted by molar-refractivity contribution is -0.113. The highest BCUT2D eigenvalue weighted by Crippen LogP contribution is 2.23. The van der Waals surface area contributed by atoms with Crippen LogP contribution in [0, 0.1) is 5.92 Å². The van der Waals surface area contributed by atoms with Crippen molar-refractivity contribution in [2.24, 2.45) is 17.4 Å². The Morgan fingerprint density at radius 3 is 2.33 bits per heavy atom. The Balaban J connectivity index is 2.30. The van der Waals surface area contributed by atoms with Crippen LogP contribution in [0.25, 0.3) is 0 Å². The zero-order valence-corrected chi connectivity index (χ0v) is 7.20. The molecule has 0 aromatic carbocycles. The Bertz CT molecular complexity index is 181. The second-order valence-corrected chi connectivity index (χ2v) is 3.44. The maximum absolute atomic E-state index is 10.4. The van der Waals surface area contributed by atoms with Gasteiger partial charge in [0.15, 0.2) is 0 Å². The summed E-state index contributed by atoms with van der Waals surface area (Å²) in [5, 5.41) is 0. The zero-order valence-electron chi connectivity index (χ0n) is 7.20. The van der Waals surface area contributed by atoms with Crippen LogP contribution in [-0.4, -0.2) is 11.9 Å². The fourth-order valence-electron chi connectivity index (χ4n) is 1.57. The second-order valence-electron chi connectivity index (χ2n) is 3.44. The third-order valence-electron chi connectivity index (χ3n) is 2.35. The van der Waals surface area contributed by atoms with Crippen LogP contribution in [0.4, 0.5) is 0 Å². The first kappa shape index (κ1) is 9.26. The van der Waals surface area contributed by atoms with Gasteiger partial charge in [-0.2, -0.15) is 0 Å². The maximum Gasteiger partial charge on any atom is 0.241 e. The minimum atomic E-state index is -0.357. The van der Waals surface area contributed by atoms with Gasteiger partial charge in [0.2, 0.25) is 5.91 Å². The van der Waals surface area contributed by atoms with E-state index in [0.29, 0.717) is 12.0 Å². The number of hydrogen-bond donors (Lipinski definition) is 2. The zero-order chi connectivity index (χ0) is 8.97. The van der Waals surface area contributed by atoms with E-state index in [1.165, 1.54) is 6.08 Å². The molecule has 3 heteroatoms. The van der Waals surface area contributed by atoms with E-state index in [9.17, 15) is 4.79 Å². The van der Waals surface area contributed by atoms with Gasteiger partial charge in [-0.1, -0.05) is 6.08 Å². The Hall–Kier alpha value is -0.830. The van der Waals surface area contributed by atoms with E-state index in [0.717, 1.165) is 25.7 Å². The number of nitrogens with two attached hydrogens (primary N) is 2. The highest BCUT2D eigenvalue weighted by molar-refractivity contribution is 5.85. The number of amides is 1. The summed E-state index contributed by atoms with van der Waals surface area (Å²) >= 11 is 0. The number of primary amides is 1. The Morgan fingerprint density at radius 1 is 1.25 bits per heavy atom. The van der Waals surface area contributed by atoms with Crippen molar-refractivity contribution in [2.75, 3.05) is 0 Å². The lowest BCUT2D eigenvalue weighted by atomic mass is 9.86. The molecule has 1 rings (SSSR count). The predicted octanol–water partition coefficient (Wildman–Crippen LogP) is 0.545. The summed E-state index contributed by atoms with van der Waals surface area (Å²) in [7, 11) is 0. The number of rotatable bonds is 2. The molecule has 0 heterocycles. The summed E-state index contributed by atoms with van der Waals surface area (Å²) < 4.78 is 0. The van der Waals surface area contributed by atoms with Crippen LogP contribution in [0.2, 0.25) is 0 Å². The van der Waals surface area contributed by atoms with E-state index in [1.54, 1.807) is 0 Å². The molecule has 1 aliphatic rings. The summed E-state index contributed by atoms with van der Waals surface area (Å²) in [5.74, 6) is 0.155. The summed E-state index contributed by atoms with van der Waals surface area (Å²) in [6, 6.07) is 0.364. The van der Waals surface area contributed by atoms with E-state index >= 15 is 0 Å². The molecule has 0 aromatic heterocycles. The minimum absolute atomic E-state index is 0.357. The molecule has 0 radical (unpaired) electrons. The topological polar surface area (TPSA) is 69.1 Å². The third-order valence-corrected chi connectivity index (χ3v) is 2.35. The van der Waals surface area contributed by atoms with Gasteiger partial charge in [0, 0.05) is 6.04 Å². The molecule has 68 valence electrons. The van der Waals surface area contributed by atoms with Gasteiger partial charge in [-0.15, -0.1) is 0 Å². The van der Waals surface area contributed by atoms with Crippen LogP contribution in [-0.2, 0) is 4.79 Å². The van der Waals surface area contributed by atoms with Crippen LogP contribution in [0.15, 0.2) is 12.2 Å². The average Bonchev–Trinajstić information content (AvgIpc) is 2.03. The van der Waals surface area contributed by atoms with E-state index < -0.39 is 0 Å². The van der Waals surface area contributed by atoms with Gasteiger partial charge < -0.3 is 11.5 Å². The van der Waals surface area contributed by atoms with E-state index in [2.05, 4.69) is 0 Å². The molecule has 4 N–H and O–H groups in total. The highest BCUT2D eigenvalue weighted by atomic mass is 16.1. The van der Waals surface area contributed by atoms with Gasteiger partial charge in [-0.05, 0) is 37.7 Å². The van der Waals surface area contributed by atoms with Crippen LogP contribution in [0.1, 0.15) is 25.7 Å². The standard InChI is InChI=1S/C9H16N2O/c10-8-4-1-7(2-5-8)3-6-9(11)12/h3,6-8H,1-2,4-5,10H2,(H2,11,12). The summed E-state index contributed by atoms with van der Waals surface area (Å²) in [6.45, 7) is 0. The van der Waals surface area contributed by atoms with Crippen molar-refractivity contribution in [3.63, 3.8) is 0 Å². The molecule has 1 aliphatic carbocycles. The van der Waals surface area contributed by atoms with Crippen molar-refractivity contribution in [3.8, 4) is 0 Å². The quantitative estimate of drug-likeness (QED) is 0.591. The smallest absolute Gasteiger partial charge is 0.241 e. The summed E-state index contributed by atoms with van der Waals surface area (Å²) in [6.07, 6.45) is 7.67. The van der Waals surface area contributed by atoms with Gasteiger partial charge in [-0.3, -0.25) is 4.79 Å². The molecule has 0 unspecified atom stereocenters. The number of allylic oxidation sites excluding steroid dienone is 1. The van der Waals surface area contributed by atoms with Crippen LogP contribution in [0.5, 0.6) is 0 Å². The van der Waals surface area contributed by atoms with Crippen molar-refractivity contribution in [1.29, 1.82) is 0 Å². The predicted molar refractivity (Wildman–Crippen MR) is 48.3 cm³/mol. The first-order valence-corrected chi connectivity index (χ1v) is 4.41. The molecule has 0 aliphatic heterocycles. The molecule has 0 atom stereocenters. The van der Waals surface area contributed by atoms with Crippen molar-refractivity contribution < 1.29 is 4.79 Å². The second kappa shape index (κ2) is 4.26. The molecule has 0 aromatic rings. The Morgan fingerprint density at radius 2 is 1.83 bits per heavy atom. The van der Waals surface area contributed by atoms with Gasteiger partial charge >= 0.3 is 0 Å². The molecule has 1 amide bonds. The first-order valence-electron chi connectivity index (χ1n) is 4.41. The first-order chi connectivity index (χ1) is 5.68. The van der Waals surface area contributed by atoms with Crippen LogP contribution in [0.3, 0.4) is 0 Å². The van der Waals surface area contributed by atoms with Crippen LogP contribution < -0.4 is 11.5 Å². The lowest BCUT2D eigenvalue weighted by Crippen LogP contribution is -2.25. The summed E-state index contributed by atoms with van der Waals surface area (Å²) in [4.78, 5) is 10.4. The van der Waals surface area contributed by atoms with Gasteiger partial charge in [0.05, 0.1) is 0 Å².